The van der Waals surface area contributed by atoms with E-state index in [0.29, 0.717) is 11.3 Å². The van der Waals surface area contributed by atoms with E-state index in [0.717, 1.165) is 22.3 Å². The number of benzene rings is 3. The van der Waals surface area contributed by atoms with Crippen molar-refractivity contribution >= 4 is 5.91 Å². The normalized spacial score (nSPS) is 11.6. The topological polar surface area (TPSA) is 64.1 Å². The van der Waals surface area contributed by atoms with Crippen molar-refractivity contribution in [2.45, 2.75) is 26.8 Å². The van der Waals surface area contributed by atoms with Gasteiger partial charge in [-0.05, 0) is 61.7 Å². The van der Waals surface area contributed by atoms with Crippen molar-refractivity contribution in [2.24, 2.45) is 0 Å². The monoisotopic (exact) mass is 423 g/mol. The van der Waals surface area contributed by atoms with Crippen LogP contribution in [0, 0.1) is 13.8 Å². The minimum Gasteiger partial charge on any atom is -0.424 e. The maximum absolute atomic E-state index is 12.6. The summed E-state index contributed by atoms with van der Waals surface area (Å²) in [5.74, 6) is 0.431. The molecule has 5 nitrogen and oxygen atoms in total. The van der Waals surface area contributed by atoms with E-state index in [4.69, 9.17) is 4.74 Å². The van der Waals surface area contributed by atoms with E-state index in [-0.39, 0.29) is 18.0 Å². The third kappa shape index (κ3) is 5.01. The zero-order valence-electron chi connectivity index (χ0n) is 18.4. The average molecular weight is 424 g/mol. The smallest absolute Gasteiger partial charge is 0.321 e. The van der Waals surface area contributed by atoms with Gasteiger partial charge >= 0.3 is 6.01 Å². The van der Waals surface area contributed by atoms with Gasteiger partial charge in [-0.3, -0.25) is 4.79 Å². The molecular weight excluding hydrogens is 398 g/mol. The summed E-state index contributed by atoms with van der Waals surface area (Å²) < 4.78 is 5.74. The van der Waals surface area contributed by atoms with E-state index < -0.39 is 0 Å². The first-order chi connectivity index (χ1) is 15.5. The molecule has 0 aliphatic rings. The lowest BCUT2D eigenvalue weighted by Gasteiger charge is -2.15. The SMILES string of the molecule is Cc1ccc(C(C)NC(=O)c2ccc(Oc3ncc(-c4ccccc4C)cn3)cc2)cc1. The number of rotatable bonds is 6. The Morgan fingerprint density at radius 2 is 1.53 bits per heavy atom. The second-order valence-electron chi connectivity index (χ2n) is 7.80. The second-order valence-corrected chi connectivity index (χ2v) is 7.80. The van der Waals surface area contributed by atoms with Gasteiger partial charge in [0.25, 0.3) is 5.91 Å². The molecule has 1 N–H and O–H groups in total. The Labute approximate surface area is 188 Å². The van der Waals surface area contributed by atoms with Crippen LogP contribution >= 0.6 is 0 Å². The molecule has 0 spiro atoms. The number of nitrogens with one attached hydrogen (secondary N) is 1. The second kappa shape index (κ2) is 9.43. The number of aryl methyl sites for hydroxylation is 2. The van der Waals surface area contributed by atoms with Gasteiger partial charge in [-0.15, -0.1) is 0 Å². The third-order valence-electron chi connectivity index (χ3n) is 5.33. The highest BCUT2D eigenvalue weighted by molar-refractivity contribution is 5.94. The Morgan fingerprint density at radius 3 is 2.19 bits per heavy atom. The number of amides is 1. The average Bonchev–Trinajstić information content (AvgIpc) is 2.81. The molecule has 0 aliphatic heterocycles. The van der Waals surface area contributed by atoms with Crippen LogP contribution in [-0.2, 0) is 0 Å². The first-order valence-electron chi connectivity index (χ1n) is 10.5. The molecule has 1 amide bonds. The van der Waals surface area contributed by atoms with Crippen LogP contribution in [-0.4, -0.2) is 15.9 Å². The zero-order chi connectivity index (χ0) is 22.5. The summed E-state index contributed by atoms with van der Waals surface area (Å²) in [6.45, 7) is 6.07. The van der Waals surface area contributed by atoms with Gasteiger partial charge in [0.15, 0.2) is 0 Å². The van der Waals surface area contributed by atoms with Gasteiger partial charge in [-0.25, -0.2) is 9.97 Å². The summed E-state index contributed by atoms with van der Waals surface area (Å²) in [6, 6.07) is 23.3. The molecule has 1 heterocycles. The van der Waals surface area contributed by atoms with Crippen LogP contribution < -0.4 is 10.1 Å². The van der Waals surface area contributed by atoms with Crippen LogP contribution in [0.15, 0.2) is 85.2 Å². The molecule has 4 aromatic rings. The maximum atomic E-state index is 12.6. The van der Waals surface area contributed by atoms with E-state index in [9.17, 15) is 4.79 Å². The number of ether oxygens (including phenoxy) is 1. The van der Waals surface area contributed by atoms with Crippen LogP contribution in [0.1, 0.15) is 40.0 Å². The highest BCUT2D eigenvalue weighted by Gasteiger charge is 2.12. The molecule has 160 valence electrons. The molecule has 3 aromatic carbocycles. The highest BCUT2D eigenvalue weighted by Crippen LogP contribution is 2.24. The molecule has 0 saturated carbocycles. The van der Waals surface area contributed by atoms with Crippen LogP contribution in [0.2, 0.25) is 0 Å². The first kappa shape index (κ1) is 21.2. The van der Waals surface area contributed by atoms with Crippen LogP contribution in [0.4, 0.5) is 0 Å². The van der Waals surface area contributed by atoms with Crippen molar-refractivity contribution in [2.75, 3.05) is 0 Å². The van der Waals surface area contributed by atoms with Crippen molar-refractivity contribution in [3.63, 3.8) is 0 Å². The molecular formula is C27H25N3O2. The lowest BCUT2D eigenvalue weighted by atomic mass is 10.0. The van der Waals surface area contributed by atoms with Crippen LogP contribution in [0.25, 0.3) is 11.1 Å². The van der Waals surface area contributed by atoms with E-state index in [1.54, 1.807) is 36.7 Å². The van der Waals surface area contributed by atoms with Gasteiger partial charge in [0.1, 0.15) is 5.75 Å². The van der Waals surface area contributed by atoms with E-state index in [1.807, 2.05) is 56.3 Å². The zero-order valence-corrected chi connectivity index (χ0v) is 18.4. The first-order valence-corrected chi connectivity index (χ1v) is 10.5. The quantitative estimate of drug-likeness (QED) is 0.410. The molecule has 32 heavy (non-hydrogen) atoms. The molecule has 0 saturated heterocycles. The van der Waals surface area contributed by atoms with Crippen molar-refractivity contribution in [3.8, 4) is 22.9 Å². The van der Waals surface area contributed by atoms with Crippen molar-refractivity contribution < 1.29 is 9.53 Å². The Kier molecular flexibility index (Phi) is 6.26. The molecule has 0 bridgehead atoms. The minimum absolute atomic E-state index is 0.0841. The summed E-state index contributed by atoms with van der Waals surface area (Å²) in [6.07, 6.45) is 3.50. The maximum Gasteiger partial charge on any atom is 0.321 e. The largest absolute Gasteiger partial charge is 0.424 e. The molecule has 0 aliphatic carbocycles. The van der Waals surface area contributed by atoms with Gasteiger partial charge in [-0.2, -0.15) is 0 Å². The summed E-state index contributed by atoms with van der Waals surface area (Å²) >= 11 is 0. The van der Waals surface area contributed by atoms with Crippen molar-refractivity contribution in [1.82, 2.24) is 15.3 Å². The summed E-state index contributed by atoms with van der Waals surface area (Å²) in [4.78, 5) is 21.2. The predicted octanol–water partition coefficient (Wildman–Crippen LogP) is 6.04. The van der Waals surface area contributed by atoms with Gasteiger partial charge in [0.2, 0.25) is 0 Å². The fraction of sp³-hybridized carbons (Fsp3) is 0.148. The van der Waals surface area contributed by atoms with E-state index in [2.05, 4.69) is 28.3 Å². The summed E-state index contributed by atoms with van der Waals surface area (Å²) in [5, 5.41) is 3.02. The molecule has 0 fully saturated rings. The van der Waals surface area contributed by atoms with E-state index >= 15 is 0 Å². The van der Waals surface area contributed by atoms with Gasteiger partial charge in [0.05, 0.1) is 6.04 Å². The number of hydrogen-bond donors (Lipinski definition) is 1. The minimum atomic E-state index is -0.136. The number of nitrogens with zero attached hydrogens (tertiary/aromatic N) is 2. The van der Waals surface area contributed by atoms with Gasteiger partial charge < -0.3 is 10.1 Å². The standard InChI is InChI=1S/C27H25N3O2/c1-18-8-10-21(11-9-18)20(3)30-26(31)22-12-14-24(15-13-22)32-27-28-16-23(17-29-27)25-7-5-4-6-19(25)2/h4-17,20H,1-3H3,(H,30,31). The Hall–Kier alpha value is -3.99. The number of carbonyl (C=O) groups is 1. The van der Waals surface area contributed by atoms with Gasteiger partial charge in [0, 0.05) is 23.5 Å². The lowest BCUT2D eigenvalue weighted by Crippen LogP contribution is -2.26. The molecule has 0 radical (unpaired) electrons. The molecule has 5 heteroatoms. The molecule has 1 aromatic heterocycles. The highest BCUT2D eigenvalue weighted by atomic mass is 16.5. The molecule has 1 unspecified atom stereocenters. The Balaban J connectivity index is 1.38. The van der Waals surface area contributed by atoms with Gasteiger partial charge in [-0.1, -0.05) is 54.1 Å². The Bertz CT molecular complexity index is 1200. The van der Waals surface area contributed by atoms with Crippen LogP contribution in [0.5, 0.6) is 11.8 Å². The number of hydrogen-bond acceptors (Lipinski definition) is 4. The van der Waals surface area contributed by atoms with Crippen molar-refractivity contribution in [1.29, 1.82) is 0 Å². The van der Waals surface area contributed by atoms with E-state index in [1.165, 1.54) is 5.56 Å². The summed E-state index contributed by atoms with van der Waals surface area (Å²) in [5.41, 5.74) is 6.01. The number of aromatic nitrogens is 2. The fourth-order valence-corrected chi connectivity index (χ4v) is 3.40. The Morgan fingerprint density at radius 1 is 0.875 bits per heavy atom. The van der Waals surface area contributed by atoms with Crippen LogP contribution in [0.3, 0.4) is 0 Å². The third-order valence-corrected chi connectivity index (χ3v) is 5.33. The lowest BCUT2D eigenvalue weighted by molar-refractivity contribution is 0.0940. The fourth-order valence-electron chi connectivity index (χ4n) is 3.40. The molecule has 1 atom stereocenters. The summed E-state index contributed by atoms with van der Waals surface area (Å²) in [7, 11) is 0. The number of carbonyl (C=O) groups excluding carboxylic acids is 1. The molecule has 4 rings (SSSR count). The predicted molar refractivity (Wildman–Crippen MR) is 126 cm³/mol. The van der Waals surface area contributed by atoms with Crippen molar-refractivity contribution in [3.05, 3.63) is 107 Å².